The standard InChI is InChI=1S/C25H28Cl2N5O5S/c26-19-14-20(27)16-22(15-19)37-23-2-1-18(17-28)13-24(23)38(34,35)32-6-3-21(4-7-32)30-25(33)29-5-8-31-9-11-36-12-10-31/h1-2,13-16,21H,3-12H2,(H-,29,30,33)/q-1/p-1. The fourth-order valence-electron chi connectivity index (χ4n) is 4.24. The monoisotopic (exact) mass is 579 g/mol. The molecule has 2 heterocycles. The minimum absolute atomic E-state index is 0.0448. The lowest BCUT2D eigenvalue weighted by atomic mass is 10.1. The molecule has 0 unspecified atom stereocenters. The summed E-state index contributed by atoms with van der Waals surface area (Å²) in [5.41, 5.74) is 0.175. The van der Waals surface area contributed by atoms with E-state index in [-0.39, 0.29) is 41.1 Å². The highest BCUT2D eigenvalue weighted by Gasteiger charge is 2.30. The Bertz CT molecular complexity index is 1270. The predicted octanol–water partition coefficient (Wildman–Crippen LogP) is 5.01. The second kappa shape index (κ2) is 13.0. The molecule has 10 nitrogen and oxygen atoms in total. The minimum atomic E-state index is -4.02. The van der Waals surface area contributed by atoms with Gasteiger partial charge in [0, 0.05) is 36.2 Å². The Kier molecular flexibility index (Phi) is 9.70. The normalized spacial score (nSPS) is 17.5. The summed E-state index contributed by atoms with van der Waals surface area (Å²) < 4.78 is 39.6. The van der Waals surface area contributed by atoms with Gasteiger partial charge in [0.1, 0.15) is 16.4 Å². The number of carbonyl (C=O) groups is 1. The number of amides is 2. The van der Waals surface area contributed by atoms with Gasteiger partial charge in [-0.25, -0.2) is 8.42 Å². The third kappa shape index (κ3) is 7.50. The van der Waals surface area contributed by atoms with Crippen molar-refractivity contribution in [2.75, 3.05) is 52.5 Å². The predicted molar refractivity (Wildman–Crippen MR) is 144 cm³/mol. The van der Waals surface area contributed by atoms with Gasteiger partial charge in [0.25, 0.3) is 0 Å². The molecule has 2 aromatic rings. The number of rotatable bonds is 8. The molecule has 2 aromatic carbocycles. The number of nitriles is 1. The number of morpholine rings is 1. The van der Waals surface area contributed by atoms with Crippen LogP contribution >= 0.6 is 23.2 Å². The lowest BCUT2D eigenvalue weighted by molar-refractivity contribution is 0.0401. The average Bonchev–Trinajstić information content (AvgIpc) is 2.89. The third-order valence-corrected chi connectivity index (χ3v) is 8.59. The van der Waals surface area contributed by atoms with Crippen LogP contribution in [0.1, 0.15) is 18.4 Å². The number of carbonyl (C=O) groups excluding carboxylic acids is 1. The van der Waals surface area contributed by atoms with Crippen molar-refractivity contribution < 1.29 is 22.7 Å². The van der Waals surface area contributed by atoms with Crippen molar-refractivity contribution in [3.63, 3.8) is 0 Å². The molecule has 0 spiro atoms. The molecule has 2 aliphatic rings. The zero-order chi connectivity index (χ0) is 27.1. The Morgan fingerprint density at radius 3 is 2.42 bits per heavy atom. The Balaban J connectivity index is 1.36. The molecule has 38 heavy (non-hydrogen) atoms. The fourth-order valence-corrected chi connectivity index (χ4v) is 6.35. The SMILES string of the molecule is N#Cc1ccc(Oc2cc(Cl)cc(Cl)c2)c(S(=O)(=O)N2CCC([N-]C(=O)[N-]CCN3CCOCC3)CC2)c1. The lowest BCUT2D eigenvalue weighted by Crippen LogP contribution is -2.40. The molecule has 204 valence electrons. The summed E-state index contributed by atoms with van der Waals surface area (Å²) in [5.74, 6) is 0.306. The number of sulfonamides is 1. The highest BCUT2D eigenvalue weighted by atomic mass is 35.5. The largest absolute Gasteiger partial charge is 0.669 e. The molecule has 0 bridgehead atoms. The number of nitrogens with zero attached hydrogens (tertiary/aromatic N) is 5. The maximum absolute atomic E-state index is 13.6. The molecule has 2 amide bonds. The molecule has 4 rings (SSSR count). The summed E-state index contributed by atoms with van der Waals surface area (Å²) in [4.78, 5) is 14.3. The number of piperidine rings is 1. The number of urea groups is 1. The molecule has 2 fully saturated rings. The maximum Gasteiger partial charge on any atom is 0.246 e. The van der Waals surface area contributed by atoms with E-state index in [1.165, 1.54) is 40.7 Å². The van der Waals surface area contributed by atoms with Crippen molar-refractivity contribution in [1.29, 1.82) is 5.26 Å². The van der Waals surface area contributed by atoms with Crippen molar-refractivity contribution >= 4 is 39.3 Å². The molecular formula is C25H27Cl2N5O5S-2. The van der Waals surface area contributed by atoms with E-state index in [9.17, 15) is 18.5 Å². The highest BCUT2D eigenvalue weighted by molar-refractivity contribution is 7.89. The van der Waals surface area contributed by atoms with E-state index in [0.29, 0.717) is 49.2 Å². The molecule has 0 aromatic heterocycles. The third-order valence-electron chi connectivity index (χ3n) is 6.24. The topological polar surface area (TPSA) is 128 Å². The summed E-state index contributed by atoms with van der Waals surface area (Å²) in [6, 6.07) is 9.88. The molecule has 2 saturated heterocycles. The van der Waals surface area contributed by atoms with Crippen LogP contribution in [-0.2, 0) is 14.8 Å². The minimum Gasteiger partial charge on any atom is -0.669 e. The lowest BCUT2D eigenvalue weighted by Gasteiger charge is -2.43. The van der Waals surface area contributed by atoms with Crippen LogP contribution in [0.3, 0.4) is 0 Å². The van der Waals surface area contributed by atoms with Crippen LogP contribution < -0.4 is 4.74 Å². The molecule has 0 aliphatic carbocycles. The molecule has 2 aliphatic heterocycles. The van der Waals surface area contributed by atoms with Crippen molar-refractivity contribution in [3.8, 4) is 17.6 Å². The molecule has 0 atom stereocenters. The van der Waals surface area contributed by atoms with Crippen molar-refractivity contribution in [2.24, 2.45) is 0 Å². The highest BCUT2D eigenvalue weighted by Crippen LogP contribution is 2.35. The molecule has 0 saturated carbocycles. The van der Waals surface area contributed by atoms with Gasteiger partial charge in [0.15, 0.2) is 0 Å². The van der Waals surface area contributed by atoms with Gasteiger partial charge in [-0.2, -0.15) is 9.57 Å². The molecule has 13 heteroatoms. The number of hydrogen-bond acceptors (Lipinski definition) is 7. The van der Waals surface area contributed by atoms with Gasteiger partial charge in [-0.3, -0.25) is 0 Å². The Morgan fingerprint density at radius 1 is 1.08 bits per heavy atom. The van der Waals surface area contributed by atoms with Crippen LogP contribution in [0.15, 0.2) is 41.3 Å². The van der Waals surface area contributed by atoms with Crippen molar-refractivity contribution in [3.05, 3.63) is 62.6 Å². The molecule has 0 radical (unpaired) electrons. The van der Waals surface area contributed by atoms with Crippen LogP contribution in [0.4, 0.5) is 4.79 Å². The number of hydrogen-bond donors (Lipinski definition) is 0. The van der Waals surface area contributed by atoms with Crippen LogP contribution in [-0.4, -0.2) is 82.2 Å². The van der Waals surface area contributed by atoms with Gasteiger partial charge in [-0.1, -0.05) is 36.0 Å². The zero-order valence-electron chi connectivity index (χ0n) is 20.6. The van der Waals surface area contributed by atoms with Gasteiger partial charge >= 0.3 is 0 Å². The number of benzene rings is 2. The first-order valence-corrected chi connectivity index (χ1v) is 14.3. The quantitative estimate of drug-likeness (QED) is 0.429. The Hall–Kier alpha value is -2.59. The summed E-state index contributed by atoms with van der Waals surface area (Å²) in [6.07, 6.45) is 0.754. The van der Waals surface area contributed by atoms with Crippen LogP contribution in [0.2, 0.25) is 10.0 Å². The van der Waals surface area contributed by atoms with E-state index in [1.807, 2.05) is 6.07 Å². The van der Waals surface area contributed by atoms with E-state index in [4.69, 9.17) is 32.7 Å². The summed E-state index contributed by atoms with van der Waals surface area (Å²) in [5, 5.41) is 18.2. The molecule has 0 N–H and O–H groups in total. The molecular weight excluding hydrogens is 553 g/mol. The van der Waals surface area contributed by atoms with Gasteiger partial charge in [0.05, 0.1) is 24.8 Å². The summed E-state index contributed by atoms with van der Waals surface area (Å²) >= 11 is 12.1. The fraction of sp³-hybridized carbons (Fsp3) is 0.440. The van der Waals surface area contributed by atoms with Gasteiger partial charge in [-0.15, -0.1) is 12.6 Å². The van der Waals surface area contributed by atoms with Gasteiger partial charge in [-0.05, 0) is 49.0 Å². The zero-order valence-corrected chi connectivity index (χ0v) is 22.9. The van der Waals surface area contributed by atoms with Crippen molar-refractivity contribution in [1.82, 2.24) is 9.21 Å². The summed E-state index contributed by atoms with van der Waals surface area (Å²) in [7, 11) is -4.02. The van der Waals surface area contributed by atoms with E-state index < -0.39 is 16.1 Å². The summed E-state index contributed by atoms with van der Waals surface area (Å²) in [6.45, 7) is 4.38. The second-order valence-corrected chi connectivity index (χ2v) is 11.6. The Labute approximate surface area is 232 Å². The van der Waals surface area contributed by atoms with E-state index in [2.05, 4.69) is 15.5 Å². The first-order valence-electron chi connectivity index (χ1n) is 12.2. The van der Waals surface area contributed by atoms with Crippen LogP contribution in [0.25, 0.3) is 10.6 Å². The Morgan fingerprint density at radius 2 is 1.76 bits per heavy atom. The first kappa shape index (κ1) is 28.4. The van der Waals surface area contributed by atoms with E-state index in [0.717, 1.165) is 13.1 Å². The van der Waals surface area contributed by atoms with Crippen LogP contribution in [0, 0.1) is 11.3 Å². The van der Waals surface area contributed by atoms with Crippen LogP contribution in [0.5, 0.6) is 11.5 Å². The van der Waals surface area contributed by atoms with Gasteiger partial charge < -0.3 is 29.8 Å². The average molecular weight is 580 g/mol. The first-order chi connectivity index (χ1) is 18.2. The van der Waals surface area contributed by atoms with E-state index >= 15 is 0 Å². The van der Waals surface area contributed by atoms with Gasteiger partial charge in [0.2, 0.25) is 10.0 Å². The van der Waals surface area contributed by atoms with Crippen molar-refractivity contribution in [2.45, 2.75) is 23.8 Å². The second-order valence-electron chi connectivity index (χ2n) is 8.86. The maximum atomic E-state index is 13.6. The van der Waals surface area contributed by atoms with E-state index in [1.54, 1.807) is 0 Å². The number of halogens is 2. The number of ether oxygens (including phenoxy) is 2. The smallest absolute Gasteiger partial charge is 0.246 e.